The first kappa shape index (κ1) is 15.9. The number of allylic oxidation sites excluding steroid dienone is 1. The van der Waals surface area contributed by atoms with E-state index < -0.39 is 0 Å². The second-order valence-electron chi connectivity index (χ2n) is 9.17. The van der Waals surface area contributed by atoms with Gasteiger partial charge in [-0.15, -0.1) is 0 Å². The van der Waals surface area contributed by atoms with Crippen molar-refractivity contribution in [1.82, 2.24) is 0 Å². The number of hydrogen-bond acceptors (Lipinski definition) is 2. The maximum Gasteiger partial charge on any atom is 0.164 e. The second-order valence-corrected chi connectivity index (χ2v) is 9.17. The van der Waals surface area contributed by atoms with Crippen molar-refractivity contribution in [3.05, 3.63) is 11.6 Å². The summed E-state index contributed by atoms with van der Waals surface area (Å²) in [5.74, 6) is 4.92. The monoisotopic (exact) mass is 316 g/mol. The van der Waals surface area contributed by atoms with Crippen LogP contribution in [0.4, 0.5) is 0 Å². The predicted molar refractivity (Wildman–Crippen MR) is 92.0 cm³/mol. The largest absolute Gasteiger partial charge is 0.373 e. The van der Waals surface area contributed by atoms with Gasteiger partial charge in [-0.1, -0.05) is 33.3 Å². The van der Waals surface area contributed by atoms with Gasteiger partial charge in [0.25, 0.3) is 0 Å². The fourth-order valence-electron chi connectivity index (χ4n) is 6.12. The van der Waals surface area contributed by atoms with Gasteiger partial charge >= 0.3 is 0 Å². The van der Waals surface area contributed by atoms with Crippen LogP contribution in [0.25, 0.3) is 0 Å². The molecule has 4 aliphatic carbocycles. The van der Waals surface area contributed by atoms with Gasteiger partial charge < -0.3 is 4.74 Å². The number of Topliss-reactive ketones (excluding diaryl/α,β-unsaturated/α-hetero) is 1. The van der Waals surface area contributed by atoms with Gasteiger partial charge in [0.1, 0.15) is 0 Å². The van der Waals surface area contributed by atoms with Crippen molar-refractivity contribution < 1.29 is 9.53 Å². The molecular weight excluding hydrogens is 284 g/mol. The molecule has 3 fully saturated rings. The van der Waals surface area contributed by atoms with E-state index in [0.29, 0.717) is 48.1 Å². The highest BCUT2D eigenvalue weighted by molar-refractivity contribution is 6.00. The first-order valence-electron chi connectivity index (χ1n) is 9.91. The van der Waals surface area contributed by atoms with Crippen molar-refractivity contribution in [2.45, 2.75) is 65.4 Å². The van der Waals surface area contributed by atoms with Gasteiger partial charge in [0.15, 0.2) is 5.78 Å². The summed E-state index contributed by atoms with van der Waals surface area (Å²) in [6.45, 7) is 7.55. The number of hydrogen-bond donors (Lipinski definition) is 0. The summed E-state index contributed by atoms with van der Waals surface area (Å²) in [4.78, 5) is 12.8. The van der Waals surface area contributed by atoms with E-state index in [4.69, 9.17) is 4.74 Å². The summed E-state index contributed by atoms with van der Waals surface area (Å²) in [5, 5.41) is 0. The minimum absolute atomic E-state index is 0.332. The average molecular weight is 316 g/mol. The van der Waals surface area contributed by atoms with Crippen LogP contribution in [-0.4, -0.2) is 18.5 Å². The molecule has 0 aliphatic heterocycles. The van der Waals surface area contributed by atoms with Crippen LogP contribution in [0.2, 0.25) is 0 Å². The third kappa shape index (κ3) is 2.71. The molecule has 0 N–H and O–H groups in total. The van der Waals surface area contributed by atoms with Crippen LogP contribution in [0.15, 0.2) is 11.6 Å². The molecule has 4 aliphatic rings. The molecular formula is C21H32O2. The molecule has 0 radical (unpaired) electrons. The highest BCUT2D eigenvalue weighted by Crippen LogP contribution is 2.56. The van der Waals surface area contributed by atoms with Crippen LogP contribution in [0, 0.1) is 41.4 Å². The van der Waals surface area contributed by atoms with Gasteiger partial charge in [0.05, 0.1) is 12.7 Å². The SMILES string of the molecule is CC(C)[C@@H]1CC[C@@H](C)C[C@H]1OCC1=C[C@H]2[C@@H]3CC[C@@H](C3)[C@H]2C1=O. The smallest absolute Gasteiger partial charge is 0.164 e. The number of carbonyl (C=O) groups is 1. The molecule has 128 valence electrons. The van der Waals surface area contributed by atoms with Crippen molar-refractivity contribution in [2.75, 3.05) is 6.61 Å². The zero-order valence-corrected chi connectivity index (χ0v) is 15.0. The third-order valence-electron chi connectivity index (χ3n) is 7.41. The lowest BCUT2D eigenvalue weighted by Gasteiger charge is -2.37. The van der Waals surface area contributed by atoms with Crippen molar-refractivity contribution in [3.63, 3.8) is 0 Å². The fourth-order valence-corrected chi connectivity index (χ4v) is 6.12. The summed E-state index contributed by atoms with van der Waals surface area (Å²) in [6, 6.07) is 0. The summed E-state index contributed by atoms with van der Waals surface area (Å²) >= 11 is 0. The molecule has 7 atom stereocenters. The Kier molecular flexibility index (Phi) is 4.16. The van der Waals surface area contributed by atoms with Gasteiger partial charge in [0.2, 0.25) is 0 Å². The minimum atomic E-state index is 0.332. The van der Waals surface area contributed by atoms with Crippen LogP contribution in [-0.2, 0) is 9.53 Å². The molecule has 2 heteroatoms. The lowest BCUT2D eigenvalue weighted by molar-refractivity contribution is -0.121. The average Bonchev–Trinajstić information content (AvgIpc) is 3.18. The molecule has 0 spiro atoms. The van der Waals surface area contributed by atoms with Gasteiger partial charge in [-0.05, 0) is 67.6 Å². The summed E-state index contributed by atoms with van der Waals surface area (Å²) in [5.41, 5.74) is 1.01. The second kappa shape index (κ2) is 6.02. The third-order valence-corrected chi connectivity index (χ3v) is 7.41. The van der Waals surface area contributed by atoms with Gasteiger partial charge in [-0.3, -0.25) is 4.79 Å². The van der Waals surface area contributed by atoms with E-state index >= 15 is 0 Å². The number of ketones is 1. The first-order chi connectivity index (χ1) is 11.0. The van der Waals surface area contributed by atoms with Crippen molar-refractivity contribution in [1.29, 1.82) is 0 Å². The number of fused-ring (bicyclic) bond motifs is 5. The molecule has 0 amide bonds. The van der Waals surface area contributed by atoms with Crippen molar-refractivity contribution in [3.8, 4) is 0 Å². The Morgan fingerprint density at radius 2 is 1.91 bits per heavy atom. The number of ether oxygens (including phenoxy) is 1. The lowest BCUT2D eigenvalue weighted by Crippen LogP contribution is -2.35. The van der Waals surface area contributed by atoms with Crippen LogP contribution in [0.1, 0.15) is 59.3 Å². The highest BCUT2D eigenvalue weighted by atomic mass is 16.5. The molecule has 0 unspecified atom stereocenters. The fraction of sp³-hybridized carbons (Fsp3) is 0.857. The van der Waals surface area contributed by atoms with Crippen LogP contribution >= 0.6 is 0 Å². The molecule has 0 aromatic carbocycles. The van der Waals surface area contributed by atoms with Crippen LogP contribution < -0.4 is 0 Å². The molecule has 0 saturated heterocycles. The van der Waals surface area contributed by atoms with Crippen molar-refractivity contribution in [2.24, 2.45) is 41.4 Å². The maximum atomic E-state index is 12.8. The molecule has 4 rings (SSSR count). The normalized spacial score (nSPS) is 45.7. The number of rotatable bonds is 4. The van der Waals surface area contributed by atoms with Crippen molar-refractivity contribution >= 4 is 5.78 Å². The molecule has 0 aromatic heterocycles. The van der Waals surface area contributed by atoms with Gasteiger partial charge in [-0.25, -0.2) is 0 Å². The lowest BCUT2D eigenvalue weighted by atomic mass is 9.75. The quantitative estimate of drug-likeness (QED) is 0.755. The van der Waals surface area contributed by atoms with E-state index in [2.05, 4.69) is 26.8 Å². The Labute approximate surface area is 141 Å². The Hall–Kier alpha value is -0.630. The molecule has 2 bridgehead atoms. The maximum absolute atomic E-state index is 12.8. The minimum Gasteiger partial charge on any atom is -0.373 e. The standard InChI is InChI=1S/C21H32O2/c1-12(2)17-7-4-13(3)8-19(17)23-11-16-10-18-14-5-6-15(9-14)20(18)21(16)22/h10,12-15,17-20H,4-9,11H2,1-3H3/t13-,14-,15+,17+,18+,19-,20-/m1/s1. The zero-order valence-electron chi connectivity index (χ0n) is 15.0. The first-order valence-corrected chi connectivity index (χ1v) is 9.91. The predicted octanol–water partition coefficient (Wildman–Crippen LogP) is 4.64. The summed E-state index contributed by atoms with van der Waals surface area (Å²) in [7, 11) is 0. The van der Waals surface area contributed by atoms with Gasteiger partial charge in [-0.2, -0.15) is 0 Å². The molecule has 23 heavy (non-hydrogen) atoms. The Balaban J connectivity index is 1.40. The molecule has 0 aromatic rings. The Morgan fingerprint density at radius 3 is 2.65 bits per heavy atom. The Morgan fingerprint density at radius 1 is 1.13 bits per heavy atom. The highest BCUT2D eigenvalue weighted by Gasteiger charge is 2.53. The molecule has 0 heterocycles. The van der Waals surface area contributed by atoms with E-state index in [9.17, 15) is 4.79 Å². The Bertz CT molecular complexity index is 506. The van der Waals surface area contributed by atoms with E-state index in [1.807, 2.05) is 0 Å². The topological polar surface area (TPSA) is 26.3 Å². The van der Waals surface area contributed by atoms with Gasteiger partial charge in [0, 0.05) is 11.5 Å². The molecule has 2 nitrogen and oxygen atoms in total. The van der Waals surface area contributed by atoms with Crippen LogP contribution in [0.3, 0.4) is 0 Å². The van der Waals surface area contributed by atoms with E-state index in [1.54, 1.807) is 0 Å². The van der Waals surface area contributed by atoms with E-state index in [0.717, 1.165) is 17.4 Å². The van der Waals surface area contributed by atoms with E-state index in [-0.39, 0.29) is 0 Å². The zero-order chi connectivity index (χ0) is 16.1. The number of carbonyl (C=O) groups excluding carboxylic acids is 1. The summed E-state index contributed by atoms with van der Waals surface area (Å²) < 4.78 is 6.35. The summed E-state index contributed by atoms with van der Waals surface area (Å²) in [6.07, 6.45) is 10.4. The van der Waals surface area contributed by atoms with Crippen LogP contribution in [0.5, 0.6) is 0 Å². The van der Waals surface area contributed by atoms with E-state index in [1.165, 1.54) is 38.5 Å². The molecule has 3 saturated carbocycles.